The maximum Gasteiger partial charge on any atom is 0.306 e. The van der Waals surface area contributed by atoms with Crippen LogP contribution in [0.5, 0.6) is 5.75 Å². The number of methoxy groups -OCH3 is 1. The minimum Gasteiger partial charge on any atom is -0.495 e. The summed E-state index contributed by atoms with van der Waals surface area (Å²) in [5, 5.41) is 19.8. The SMILES string of the molecule is COc1ccc([N+](=O)[O-])cc1S(=O)(=O)NC1CCC(C(=O)O)CC1. The first-order valence-electron chi connectivity index (χ1n) is 7.32. The Hall–Kier alpha value is -2.20. The van der Waals surface area contributed by atoms with Crippen LogP contribution in [-0.2, 0) is 14.8 Å². The number of nitro benzene ring substituents is 1. The van der Waals surface area contributed by atoms with E-state index in [9.17, 15) is 23.3 Å². The third-order valence-corrected chi connectivity index (χ3v) is 5.59. The molecule has 9 nitrogen and oxygen atoms in total. The number of benzene rings is 1. The standard InChI is InChI=1S/C14H18N2O7S/c1-23-12-7-6-11(16(19)20)8-13(12)24(21,22)15-10-4-2-9(3-5-10)14(17)18/h6-10,15H,2-5H2,1H3,(H,17,18). The van der Waals surface area contributed by atoms with Gasteiger partial charge in [-0.15, -0.1) is 0 Å². The van der Waals surface area contributed by atoms with Crippen molar-refractivity contribution in [3.8, 4) is 5.75 Å². The summed E-state index contributed by atoms with van der Waals surface area (Å²) in [6.45, 7) is 0. The highest BCUT2D eigenvalue weighted by Gasteiger charge is 2.30. The van der Waals surface area contributed by atoms with Crippen LogP contribution in [0.2, 0.25) is 0 Å². The van der Waals surface area contributed by atoms with Crippen LogP contribution in [0.4, 0.5) is 5.69 Å². The first-order chi connectivity index (χ1) is 11.2. The summed E-state index contributed by atoms with van der Waals surface area (Å²) in [5.41, 5.74) is -0.356. The molecule has 10 heteroatoms. The van der Waals surface area contributed by atoms with E-state index in [1.807, 2.05) is 0 Å². The molecule has 1 fully saturated rings. The van der Waals surface area contributed by atoms with Gasteiger partial charge in [-0.2, -0.15) is 0 Å². The zero-order chi connectivity index (χ0) is 17.9. The van der Waals surface area contributed by atoms with Crippen molar-refractivity contribution >= 4 is 21.7 Å². The number of hydrogen-bond donors (Lipinski definition) is 2. The topological polar surface area (TPSA) is 136 Å². The number of sulfonamides is 1. The van der Waals surface area contributed by atoms with Gasteiger partial charge < -0.3 is 9.84 Å². The molecule has 1 aliphatic carbocycles. The highest BCUT2D eigenvalue weighted by molar-refractivity contribution is 7.89. The first-order valence-corrected chi connectivity index (χ1v) is 8.80. The number of carbonyl (C=O) groups is 1. The highest BCUT2D eigenvalue weighted by Crippen LogP contribution is 2.30. The van der Waals surface area contributed by atoms with Gasteiger partial charge in [0, 0.05) is 18.2 Å². The second kappa shape index (κ2) is 7.14. The third kappa shape index (κ3) is 4.01. The van der Waals surface area contributed by atoms with Crippen LogP contribution in [0.25, 0.3) is 0 Å². The lowest BCUT2D eigenvalue weighted by Crippen LogP contribution is -2.38. The number of aliphatic carboxylic acids is 1. The fourth-order valence-corrected chi connectivity index (χ4v) is 4.22. The van der Waals surface area contributed by atoms with Crippen LogP contribution in [0.1, 0.15) is 25.7 Å². The van der Waals surface area contributed by atoms with E-state index in [0.29, 0.717) is 25.7 Å². The smallest absolute Gasteiger partial charge is 0.306 e. The third-order valence-electron chi connectivity index (χ3n) is 4.05. The summed E-state index contributed by atoms with van der Waals surface area (Å²) >= 11 is 0. The van der Waals surface area contributed by atoms with Crippen molar-refractivity contribution in [3.05, 3.63) is 28.3 Å². The number of nitro groups is 1. The second-order valence-corrected chi connectivity index (χ2v) is 7.28. The molecule has 0 heterocycles. The number of nitrogens with one attached hydrogen (secondary N) is 1. The molecule has 0 bridgehead atoms. The van der Waals surface area contributed by atoms with Gasteiger partial charge in [-0.3, -0.25) is 14.9 Å². The molecule has 1 saturated carbocycles. The minimum absolute atomic E-state index is 0.00678. The predicted molar refractivity (Wildman–Crippen MR) is 83.4 cm³/mol. The lowest BCUT2D eigenvalue weighted by atomic mass is 9.87. The summed E-state index contributed by atoms with van der Waals surface area (Å²) in [6.07, 6.45) is 1.56. The van der Waals surface area contributed by atoms with Gasteiger partial charge in [0.05, 0.1) is 18.0 Å². The van der Waals surface area contributed by atoms with Crippen LogP contribution in [-0.4, -0.2) is 37.6 Å². The van der Waals surface area contributed by atoms with Gasteiger partial charge in [0.15, 0.2) is 0 Å². The molecule has 1 aromatic carbocycles. The van der Waals surface area contributed by atoms with Gasteiger partial charge >= 0.3 is 5.97 Å². The number of carboxylic acids is 1. The molecule has 1 aliphatic rings. The van der Waals surface area contributed by atoms with Crippen molar-refractivity contribution in [2.45, 2.75) is 36.6 Å². The minimum atomic E-state index is -4.02. The molecular formula is C14H18N2O7S. The molecule has 0 unspecified atom stereocenters. The van der Waals surface area contributed by atoms with Gasteiger partial charge in [0.25, 0.3) is 5.69 Å². The Balaban J connectivity index is 2.20. The van der Waals surface area contributed by atoms with E-state index in [1.54, 1.807) is 0 Å². The highest BCUT2D eigenvalue weighted by atomic mass is 32.2. The predicted octanol–water partition coefficient (Wildman–Crippen LogP) is 1.53. The van der Waals surface area contributed by atoms with Crippen molar-refractivity contribution in [1.29, 1.82) is 0 Å². The normalized spacial score (nSPS) is 21.2. The maximum absolute atomic E-state index is 12.5. The van der Waals surface area contributed by atoms with Gasteiger partial charge in [-0.05, 0) is 31.7 Å². The van der Waals surface area contributed by atoms with E-state index >= 15 is 0 Å². The molecule has 2 rings (SSSR count). The molecule has 132 valence electrons. The molecule has 24 heavy (non-hydrogen) atoms. The molecule has 0 saturated heterocycles. The van der Waals surface area contributed by atoms with E-state index < -0.39 is 32.9 Å². The van der Waals surface area contributed by atoms with Crippen molar-refractivity contribution in [2.75, 3.05) is 7.11 Å². The lowest BCUT2D eigenvalue weighted by molar-refractivity contribution is -0.385. The molecule has 0 radical (unpaired) electrons. The van der Waals surface area contributed by atoms with Gasteiger partial charge in [-0.25, -0.2) is 13.1 Å². The van der Waals surface area contributed by atoms with Crippen LogP contribution in [0, 0.1) is 16.0 Å². The Labute approximate surface area is 138 Å². The Kier molecular flexibility index (Phi) is 5.40. The van der Waals surface area contributed by atoms with Crippen molar-refractivity contribution in [3.63, 3.8) is 0 Å². The zero-order valence-electron chi connectivity index (χ0n) is 13.0. The van der Waals surface area contributed by atoms with E-state index in [0.717, 1.165) is 12.1 Å². The Morgan fingerprint density at radius 2 is 1.96 bits per heavy atom. The maximum atomic E-state index is 12.5. The van der Waals surface area contributed by atoms with Crippen LogP contribution >= 0.6 is 0 Å². The van der Waals surface area contributed by atoms with E-state index in [-0.39, 0.29) is 16.3 Å². The number of hydrogen-bond acceptors (Lipinski definition) is 6. The summed E-state index contributed by atoms with van der Waals surface area (Å²) < 4.78 is 32.6. The Morgan fingerprint density at radius 1 is 1.33 bits per heavy atom. The van der Waals surface area contributed by atoms with Crippen LogP contribution in [0.3, 0.4) is 0 Å². The largest absolute Gasteiger partial charge is 0.495 e. The average molecular weight is 358 g/mol. The summed E-state index contributed by atoms with van der Waals surface area (Å²) in [6, 6.07) is 2.93. The van der Waals surface area contributed by atoms with E-state index in [1.165, 1.54) is 13.2 Å². The molecule has 0 amide bonds. The Bertz CT molecular complexity index is 739. The molecular weight excluding hydrogens is 340 g/mol. The summed E-state index contributed by atoms with van der Waals surface area (Å²) in [7, 11) is -2.75. The summed E-state index contributed by atoms with van der Waals surface area (Å²) in [5.74, 6) is -1.33. The fourth-order valence-electron chi connectivity index (χ4n) is 2.73. The average Bonchev–Trinajstić information content (AvgIpc) is 2.54. The first kappa shape index (κ1) is 18.1. The van der Waals surface area contributed by atoms with Crippen molar-refractivity contribution in [2.24, 2.45) is 5.92 Å². The Morgan fingerprint density at radius 3 is 2.46 bits per heavy atom. The van der Waals surface area contributed by atoms with Gasteiger partial charge in [0.1, 0.15) is 10.6 Å². The summed E-state index contributed by atoms with van der Waals surface area (Å²) in [4.78, 5) is 20.8. The zero-order valence-corrected chi connectivity index (χ0v) is 13.8. The lowest BCUT2D eigenvalue weighted by Gasteiger charge is -2.26. The van der Waals surface area contributed by atoms with Gasteiger partial charge in [-0.1, -0.05) is 0 Å². The van der Waals surface area contributed by atoms with Crippen molar-refractivity contribution in [1.82, 2.24) is 4.72 Å². The number of carboxylic acid groups (broad SMARTS) is 1. The van der Waals surface area contributed by atoms with Crippen LogP contribution in [0.15, 0.2) is 23.1 Å². The van der Waals surface area contributed by atoms with E-state index in [2.05, 4.69) is 4.72 Å². The molecule has 0 atom stereocenters. The molecule has 1 aromatic rings. The fraction of sp³-hybridized carbons (Fsp3) is 0.500. The molecule has 0 spiro atoms. The molecule has 0 aliphatic heterocycles. The van der Waals surface area contributed by atoms with Crippen molar-refractivity contribution < 1.29 is 28.0 Å². The quantitative estimate of drug-likeness (QED) is 0.581. The van der Waals surface area contributed by atoms with Gasteiger partial charge in [0.2, 0.25) is 10.0 Å². The number of ether oxygens (including phenoxy) is 1. The molecule has 2 N–H and O–H groups in total. The number of nitrogens with zero attached hydrogens (tertiary/aromatic N) is 1. The van der Waals surface area contributed by atoms with E-state index in [4.69, 9.17) is 9.84 Å². The number of non-ortho nitro benzene ring substituents is 1. The van der Waals surface area contributed by atoms with Crippen LogP contribution < -0.4 is 9.46 Å². The monoisotopic (exact) mass is 358 g/mol. The second-order valence-electron chi connectivity index (χ2n) is 5.60. The number of rotatable bonds is 6. The molecule has 0 aromatic heterocycles.